The maximum atomic E-state index is 13.4. The topological polar surface area (TPSA) is 75.7 Å². The molecule has 0 aromatic heterocycles. The Labute approximate surface area is 179 Å². The van der Waals surface area contributed by atoms with Crippen molar-refractivity contribution in [2.45, 2.75) is 50.5 Å². The van der Waals surface area contributed by atoms with Crippen molar-refractivity contribution in [1.82, 2.24) is 5.32 Å². The van der Waals surface area contributed by atoms with E-state index in [9.17, 15) is 13.2 Å². The van der Waals surface area contributed by atoms with Crippen LogP contribution in [0.2, 0.25) is 0 Å². The van der Waals surface area contributed by atoms with Crippen LogP contribution in [-0.2, 0) is 19.6 Å². The van der Waals surface area contributed by atoms with Gasteiger partial charge in [0, 0.05) is 13.2 Å². The first kappa shape index (κ1) is 22.3. The Morgan fingerprint density at radius 1 is 1.13 bits per heavy atom. The first-order chi connectivity index (χ1) is 14.3. The third-order valence-electron chi connectivity index (χ3n) is 5.29. The van der Waals surface area contributed by atoms with Crippen molar-refractivity contribution in [2.75, 3.05) is 24.0 Å². The maximum Gasteiger partial charge on any atom is 0.264 e. The monoisotopic (exact) mass is 430 g/mol. The van der Waals surface area contributed by atoms with Crippen LogP contribution in [0.5, 0.6) is 0 Å². The number of ether oxygens (including phenoxy) is 1. The zero-order chi connectivity index (χ0) is 21.7. The number of anilines is 1. The number of benzene rings is 2. The molecular formula is C23H30N2O4S. The molecule has 1 heterocycles. The number of hydrogen-bond acceptors (Lipinski definition) is 4. The van der Waals surface area contributed by atoms with Gasteiger partial charge in [-0.2, -0.15) is 0 Å². The Hall–Kier alpha value is -2.38. The van der Waals surface area contributed by atoms with E-state index in [-0.39, 0.29) is 23.5 Å². The molecule has 0 saturated carbocycles. The summed E-state index contributed by atoms with van der Waals surface area (Å²) in [6.45, 7) is 6.87. The summed E-state index contributed by atoms with van der Waals surface area (Å²) in [5.41, 5.74) is 2.54. The van der Waals surface area contributed by atoms with Gasteiger partial charge in [-0.05, 0) is 55.5 Å². The quantitative estimate of drug-likeness (QED) is 0.694. The van der Waals surface area contributed by atoms with Gasteiger partial charge in [0.15, 0.2) is 0 Å². The largest absolute Gasteiger partial charge is 0.376 e. The highest BCUT2D eigenvalue weighted by Gasteiger charge is 2.27. The average Bonchev–Trinajstić information content (AvgIpc) is 3.24. The Morgan fingerprint density at radius 3 is 2.37 bits per heavy atom. The van der Waals surface area contributed by atoms with Crippen LogP contribution in [0.15, 0.2) is 53.4 Å². The Kier molecular flexibility index (Phi) is 7.15. The van der Waals surface area contributed by atoms with E-state index in [4.69, 9.17) is 4.74 Å². The fraction of sp³-hybridized carbons (Fsp3) is 0.435. The highest BCUT2D eigenvalue weighted by atomic mass is 32.2. The number of carbonyl (C=O) groups is 1. The van der Waals surface area contributed by atoms with Crippen LogP contribution in [0, 0.1) is 6.92 Å². The van der Waals surface area contributed by atoms with E-state index in [1.165, 1.54) is 4.31 Å². The molecule has 1 aliphatic heterocycles. The van der Waals surface area contributed by atoms with E-state index >= 15 is 0 Å². The van der Waals surface area contributed by atoms with Crippen molar-refractivity contribution < 1.29 is 17.9 Å². The minimum Gasteiger partial charge on any atom is -0.376 e. The Bertz CT molecular complexity index is 948. The Morgan fingerprint density at radius 2 is 1.80 bits per heavy atom. The molecular weight excluding hydrogens is 400 g/mol. The summed E-state index contributed by atoms with van der Waals surface area (Å²) in [7, 11) is -3.90. The van der Waals surface area contributed by atoms with E-state index in [1.54, 1.807) is 36.4 Å². The van der Waals surface area contributed by atoms with Gasteiger partial charge in [0.05, 0.1) is 16.7 Å². The molecule has 30 heavy (non-hydrogen) atoms. The highest BCUT2D eigenvalue weighted by molar-refractivity contribution is 7.92. The van der Waals surface area contributed by atoms with Gasteiger partial charge < -0.3 is 10.1 Å². The molecule has 2 aromatic carbocycles. The van der Waals surface area contributed by atoms with Gasteiger partial charge in [0.1, 0.15) is 6.54 Å². The molecule has 0 spiro atoms. The summed E-state index contributed by atoms with van der Waals surface area (Å²) >= 11 is 0. The third-order valence-corrected chi connectivity index (χ3v) is 7.08. The van der Waals surface area contributed by atoms with Crippen molar-refractivity contribution >= 4 is 21.6 Å². The van der Waals surface area contributed by atoms with Gasteiger partial charge in [-0.1, -0.05) is 43.7 Å². The SMILES string of the molecule is Cc1ccc(S(=O)(=O)N(CC(=O)NCC2CCCO2)c2ccc(C(C)C)cc2)cc1. The summed E-state index contributed by atoms with van der Waals surface area (Å²) in [6.07, 6.45) is 1.89. The van der Waals surface area contributed by atoms with Crippen molar-refractivity contribution in [3.8, 4) is 0 Å². The number of carbonyl (C=O) groups excluding carboxylic acids is 1. The van der Waals surface area contributed by atoms with Gasteiger partial charge in [0.25, 0.3) is 10.0 Å². The van der Waals surface area contributed by atoms with E-state index in [1.807, 2.05) is 19.1 Å². The van der Waals surface area contributed by atoms with Crippen LogP contribution >= 0.6 is 0 Å². The lowest BCUT2D eigenvalue weighted by molar-refractivity contribution is -0.120. The fourth-order valence-corrected chi connectivity index (χ4v) is 4.82. The maximum absolute atomic E-state index is 13.4. The number of amides is 1. The molecule has 6 nitrogen and oxygen atoms in total. The second-order valence-electron chi connectivity index (χ2n) is 8.01. The van der Waals surface area contributed by atoms with Crippen LogP contribution in [0.4, 0.5) is 5.69 Å². The zero-order valence-corrected chi connectivity index (χ0v) is 18.6. The standard InChI is InChI=1S/C23H30N2O4S/c1-17(2)19-8-10-20(11-9-19)25(16-23(26)24-15-21-5-4-14-29-21)30(27,28)22-12-6-18(3)7-13-22/h6-13,17,21H,4-5,14-16H2,1-3H3,(H,24,26). The first-order valence-corrected chi connectivity index (χ1v) is 11.8. The summed E-state index contributed by atoms with van der Waals surface area (Å²) < 4.78 is 33.5. The lowest BCUT2D eigenvalue weighted by Crippen LogP contribution is -2.42. The summed E-state index contributed by atoms with van der Waals surface area (Å²) in [5, 5.41) is 2.82. The molecule has 1 N–H and O–H groups in total. The molecule has 1 amide bonds. The van der Waals surface area contributed by atoms with Crippen LogP contribution in [0.3, 0.4) is 0 Å². The summed E-state index contributed by atoms with van der Waals surface area (Å²) in [4.78, 5) is 12.8. The van der Waals surface area contributed by atoms with Gasteiger partial charge >= 0.3 is 0 Å². The molecule has 3 rings (SSSR count). The average molecular weight is 431 g/mol. The minimum absolute atomic E-state index is 0.00132. The molecule has 2 aromatic rings. The third kappa shape index (κ3) is 5.40. The zero-order valence-electron chi connectivity index (χ0n) is 17.8. The lowest BCUT2D eigenvalue weighted by Gasteiger charge is -2.25. The van der Waals surface area contributed by atoms with E-state index in [0.717, 1.165) is 24.0 Å². The second kappa shape index (κ2) is 9.62. The minimum atomic E-state index is -3.90. The summed E-state index contributed by atoms with van der Waals surface area (Å²) in [6, 6.07) is 14.0. The molecule has 1 aliphatic rings. The van der Waals surface area contributed by atoms with E-state index in [2.05, 4.69) is 19.2 Å². The van der Waals surface area contributed by atoms with E-state index in [0.29, 0.717) is 24.8 Å². The fourth-order valence-electron chi connectivity index (χ4n) is 3.40. The normalized spacial score (nSPS) is 16.6. The lowest BCUT2D eigenvalue weighted by atomic mass is 10.0. The van der Waals surface area contributed by atoms with Crippen LogP contribution in [0.25, 0.3) is 0 Å². The molecule has 162 valence electrons. The van der Waals surface area contributed by atoms with Gasteiger partial charge in [-0.3, -0.25) is 9.10 Å². The predicted octanol–water partition coefficient (Wildman–Crippen LogP) is 3.61. The number of nitrogens with one attached hydrogen (secondary N) is 1. The number of nitrogens with zero attached hydrogens (tertiary/aromatic N) is 1. The number of hydrogen-bond donors (Lipinski definition) is 1. The molecule has 1 atom stereocenters. The van der Waals surface area contributed by atoms with Crippen LogP contribution < -0.4 is 9.62 Å². The molecule has 0 radical (unpaired) electrons. The molecule has 1 saturated heterocycles. The molecule has 1 fully saturated rings. The van der Waals surface area contributed by atoms with Gasteiger partial charge in [0.2, 0.25) is 5.91 Å². The first-order valence-electron chi connectivity index (χ1n) is 10.3. The molecule has 1 unspecified atom stereocenters. The number of aryl methyl sites for hydroxylation is 1. The van der Waals surface area contributed by atoms with Gasteiger partial charge in [-0.15, -0.1) is 0 Å². The highest BCUT2D eigenvalue weighted by Crippen LogP contribution is 2.26. The van der Waals surface area contributed by atoms with Crippen molar-refractivity contribution in [3.05, 3.63) is 59.7 Å². The van der Waals surface area contributed by atoms with Crippen molar-refractivity contribution in [1.29, 1.82) is 0 Å². The van der Waals surface area contributed by atoms with Crippen molar-refractivity contribution in [2.24, 2.45) is 0 Å². The van der Waals surface area contributed by atoms with Gasteiger partial charge in [-0.25, -0.2) is 8.42 Å². The van der Waals surface area contributed by atoms with Crippen LogP contribution in [0.1, 0.15) is 43.7 Å². The molecule has 7 heteroatoms. The van der Waals surface area contributed by atoms with Crippen LogP contribution in [-0.4, -0.2) is 40.1 Å². The number of sulfonamides is 1. The summed E-state index contributed by atoms with van der Waals surface area (Å²) in [5.74, 6) is -0.0231. The van der Waals surface area contributed by atoms with E-state index < -0.39 is 10.0 Å². The predicted molar refractivity (Wildman–Crippen MR) is 118 cm³/mol. The Balaban J connectivity index is 1.85. The van der Waals surface area contributed by atoms with Crippen molar-refractivity contribution in [3.63, 3.8) is 0 Å². The number of rotatable bonds is 8. The smallest absolute Gasteiger partial charge is 0.264 e. The second-order valence-corrected chi connectivity index (χ2v) is 9.87. The molecule has 0 aliphatic carbocycles. The molecule has 0 bridgehead atoms.